The van der Waals surface area contributed by atoms with Crippen LogP contribution < -0.4 is 5.32 Å². The van der Waals surface area contributed by atoms with Crippen molar-refractivity contribution in [3.63, 3.8) is 0 Å². The number of hydrogen-bond donors (Lipinski definition) is 1. The minimum Gasteiger partial charge on any atom is -0.316 e. The molecular weight excluding hydrogens is 424 g/mol. The third kappa shape index (κ3) is 8.20. The van der Waals surface area contributed by atoms with E-state index in [0.717, 1.165) is 22.6 Å². The van der Waals surface area contributed by atoms with E-state index in [0.29, 0.717) is 0 Å². The van der Waals surface area contributed by atoms with Gasteiger partial charge in [-0.25, -0.2) is 0 Å². The monoisotopic (exact) mass is 479 g/mol. The van der Waals surface area contributed by atoms with Crippen LogP contribution in [0.1, 0.15) is 135 Å². The van der Waals surface area contributed by atoms with Crippen molar-refractivity contribution < 1.29 is 0 Å². The third-order valence-electron chi connectivity index (χ3n) is 9.52. The molecule has 1 N–H and O–H groups in total. The summed E-state index contributed by atoms with van der Waals surface area (Å²) in [6, 6.07) is 0. The first-order valence-electron chi connectivity index (χ1n) is 15.1. The molecule has 0 amide bonds. The first-order chi connectivity index (χ1) is 15.9. The Bertz CT molecular complexity index is 454. The van der Waals surface area contributed by atoms with E-state index >= 15 is 0 Å². The number of hydrogen-bond acceptors (Lipinski definition) is 1. The molecule has 0 saturated heterocycles. The molecule has 4 rings (SSSR count). The maximum Gasteiger partial charge on any atom is -0.000916 e. The molecule has 0 aromatic heterocycles. The summed E-state index contributed by atoms with van der Waals surface area (Å²) in [5, 5.41) is 4.05. The highest BCUT2D eigenvalue weighted by Gasteiger charge is 2.31. The van der Waals surface area contributed by atoms with Gasteiger partial charge in [-0.1, -0.05) is 99.3 Å². The smallest absolute Gasteiger partial charge is 0.000916 e. The summed E-state index contributed by atoms with van der Waals surface area (Å²) in [5.41, 5.74) is 4.52. The Hall–Kier alpha value is 0.820. The molecule has 4 aliphatic carbocycles. The van der Waals surface area contributed by atoms with E-state index in [1.54, 1.807) is 63.7 Å². The molecule has 4 fully saturated rings. The average Bonchev–Trinajstić information content (AvgIpc) is 3.15. The summed E-state index contributed by atoms with van der Waals surface area (Å²) in [5.74, 6) is 0. The first-order valence-corrected chi connectivity index (χ1v) is 18.5. The lowest BCUT2D eigenvalue weighted by Gasteiger charge is -2.39. The lowest BCUT2D eigenvalue weighted by Crippen LogP contribution is -2.29. The topological polar surface area (TPSA) is 12.0 Å². The maximum absolute atomic E-state index is 4.05. The highest BCUT2D eigenvalue weighted by Crippen LogP contribution is 2.56. The van der Waals surface area contributed by atoms with Gasteiger partial charge < -0.3 is 5.32 Å². The standard InChI is InChI=1S/C29H55NP2/c1-2-7-15-26(14-6-1)31(27-16-8-3-9-17-27)24-22-30-23-25-32(28-18-10-4-11-19-28)29-20-12-5-13-21-29/h26-30H,1-25H2. The van der Waals surface area contributed by atoms with Gasteiger partial charge in [0.05, 0.1) is 0 Å². The van der Waals surface area contributed by atoms with Crippen LogP contribution in [-0.2, 0) is 0 Å². The molecule has 1 atom stereocenters. The summed E-state index contributed by atoms with van der Waals surface area (Å²) in [4.78, 5) is 0. The molecule has 1 nitrogen and oxygen atoms in total. The van der Waals surface area contributed by atoms with Gasteiger partial charge in [0.1, 0.15) is 0 Å². The third-order valence-corrected chi connectivity index (χ3v) is 16.8. The van der Waals surface area contributed by atoms with Crippen LogP contribution >= 0.6 is 15.8 Å². The highest BCUT2D eigenvalue weighted by molar-refractivity contribution is 7.59. The van der Waals surface area contributed by atoms with Crippen molar-refractivity contribution in [2.45, 2.75) is 157 Å². The van der Waals surface area contributed by atoms with Crippen LogP contribution in [0.5, 0.6) is 0 Å². The predicted octanol–water partition coefficient (Wildman–Crippen LogP) is 9.26. The van der Waals surface area contributed by atoms with Gasteiger partial charge in [-0.15, -0.1) is 0 Å². The summed E-state index contributed by atoms with van der Waals surface area (Å²) < 4.78 is 0. The predicted molar refractivity (Wildman–Crippen MR) is 149 cm³/mol. The van der Waals surface area contributed by atoms with Crippen molar-refractivity contribution in [1.29, 1.82) is 0 Å². The van der Waals surface area contributed by atoms with Crippen molar-refractivity contribution in [2.24, 2.45) is 0 Å². The summed E-state index contributed by atoms with van der Waals surface area (Å²) in [6.45, 7) is 2.69. The highest BCUT2D eigenvalue weighted by atomic mass is 31.1. The van der Waals surface area contributed by atoms with Crippen LogP contribution in [0.15, 0.2) is 0 Å². The first kappa shape index (κ1) is 25.9. The second kappa shape index (κ2) is 15.0. The van der Waals surface area contributed by atoms with E-state index < -0.39 is 0 Å². The van der Waals surface area contributed by atoms with Crippen LogP contribution in [-0.4, -0.2) is 48.0 Å². The SMILES string of the molecule is C1CCCC(P(CCNCCP(C2CCCCC2)C2CCCCC2)C2CCCCC2)CC1. The molecule has 0 bridgehead atoms. The Labute approximate surface area is 203 Å². The molecule has 3 heteroatoms. The Morgan fingerprint density at radius 1 is 0.375 bits per heavy atom. The van der Waals surface area contributed by atoms with E-state index in [1.807, 2.05) is 0 Å². The van der Waals surface area contributed by atoms with Gasteiger partial charge in [-0.05, 0) is 99.4 Å². The zero-order valence-electron chi connectivity index (χ0n) is 21.4. The molecule has 0 aromatic carbocycles. The molecular formula is C29H55NP2. The summed E-state index contributed by atoms with van der Waals surface area (Å²) >= 11 is 0. The fourth-order valence-electron chi connectivity index (χ4n) is 7.70. The molecule has 186 valence electrons. The zero-order valence-corrected chi connectivity index (χ0v) is 23.2. The number of nitrogens with one attached hydrogen (secondary N) is 1. The fourth-order valence-corrected chi connectivity index (χ4v) is 15.3. The second-order valence-corrected chi connectivity index (χ2v) is 17.6. The molecule has 0 radical (unpaired) electrons. The van der Waals surface area contributed by atoms with E-state index in [2.05, 4.69) is 5.32 Å². The Morgan fingerprint density at radius 3 is 0.906 bits per heavy atom. The van der Waals surface area contributed by atoms with Crippen molar-refractivity contribution in [1.82, 2.24) is 5.32 Å². The molecule has 0 spiro atoms. The van der Waals surface area contributed by atoms with Gasteiger partial charge in [-0.2, -0.15) is 0 Å². The molecule has 4 saturated carbocycles. The van der Waals surface area contributed by atoms with Crippen molar-refractivity contribution in [3.8, 4) is 0 Å². The maximum atomic E-state index is 4.05. The second-order valence-electron chi connectivity index (χ2n) is 11.7. The van der Waals surface area contributed by atoms with Crippen LogP contribution in [0.25, 0.3) is 0 Å². The Kier molecular flexibility index (Phi) is 12.2. The molecule has 1 unspecified atom stereocenters. The van der Waals surface area contributed by atoms with E-state index in [1.165, 1.54) is 96.6 Å². The minimum absolute atomic E-state index is 0.273. The van der Waals surface area contributed by atoms with Crippen molar-refractivity contribution in [3.05, 3.63) is 0 Å². The van der Waals surface area contributed by atoms with E-state index in [9.17, 15) is 0 Å². The Morgan fingerprint density at radius 2 is 0.625 bits per heavy atom. The van der Waals surface area contributed by atoms with Crippen LogP contribution in [0, 0.1) is 0 Å². The van der Waals surface area contributed by atoms with E-state index in [-0.39, 0.29) is 15.8 Å². The lowest BCUT2D eigenvalue weighted by molar-refractivity contribution is 0.483. The number of rotatable bonds is 10. The molecule has 32 heavy (non-hydrogen) atoms. The van der Waals surface area contributed by atoms with Crippen LogP contribution in [0.2, 0.25) is 0 Å². The summed E-state index contributed by atoms with van der Waals surface area (Å²) in [7, 11) is 0.559. The average molecular weight is 480 g/mol. The normalized spacial score (nSPS) is 26.9. The van der Waals surface area contributed by atoms with Crippen molar-refractivity contribution in [2.75, 3.05) is 25.4 Å². The van der Waals surface area contributed by atoms with Crippen LogP contribution in [0.4, 0.5) is 0 Å². The van der Waals surface area contributed by atoms with E-state index in [4.69, 9.17) is 0 Å². The summed E-state index contributed by atoms with van der Waals surface area (Å²) in [6.07, 6.45) is 35.7. The van der Waals surface area contributed by atoms with Crippen LogP contribution in [0.3, 0.4) is 0 Å². The molecule has 0 aliphatic heterocycles. The lowest BCUT2D eigenvalue weighted by atomic mass is 9.99. The van der Waals surface area contributed by atoms with Gasteiger partial charge in [-0.3, -0.25) is 0 Å². The van der Waals surface area contributed by atoms with Gasteiger partial charge >= 0.3 is 0 Å². The molecule has 0 aromatic rings. The fraction of sp³-hybridized carbons (Fsp3) is 1.00. The zero-order chi connectivity index (χ0) is 21.8. The Balaban J connectivity index is 1.24. The molecule has 4 aliphatic rings. The van der Waals surface area contributed by atoms with Crippen molar-refractivity contribution >= 4 is 15.8 Å². The minimum atomic E-state index is 0.273. The largest absolute Gasteiger partial charge is 0.316 e. The molecule has 0 heterocycles. The quantitative estimate of drug-likeness (QED) is 0.187. The van der Waals surface area contributed by atoms with Gasteiger partial charge in [0.2, 0.25) is 0 Å². The van der Waals surface area contributed by atoms with Gasteiger partial charge in [0.25, 0.3) is 0 Å². The van der Waals surface area contributed by atoms with Gasteiger partial charge in [0.15, 0.2) is 0 Å². The van der Waals surface area contributed by atoms with Gasteiger partial charge in [0, 0.05) is 0 Å².